The number of aryl methyl sites for hydroxylation is 3. The molecule has 8 heteroatoms. The molecule has 0 atom stereocenters. The van der Waals surface area contributed by atoms with E-state index in [2.05, 4.69) is 10.4 Å². The molecule has 2 aromatic rings. The van der Waals surface area contributed by atoms with Crippen molar-refractivity contribution in [3.63, 3.8) is 0 Å². The van der Waals surface area contributed by atoms with Crippen LogP contribution in [-0.2, 0) is 18.3 Å². The highest BCUT2D eigenvalue weighted by Gasteiger charge is 2.18. The van der Waals surface area contributed by atoms with Crippen LogP contribution in [-0.4, -0.2) is 39.9 Å². The maximum absolute atomic E-state index is 11.9. The van der Waals surface area contributed by atoms with Crippen LogP contribution >= 0.6 is 23.6 Å². The second kappa shape index (κ2) is 7.31. The summed E-state index contributed by atoms with van der Waals surface area (Å²) in [6, 6.07) is 1.80. The topological polar surface area (TPSA) is 59.4 Å². The van der Waals surface area contributed by atoms with Gasteiger partial charge in [0, 0.05) is 36.8 Å². The van der Waals surface area contributed by atoms with E-state index in [0.717, 1.165) is 21.8 Å². The average Bonchev–Trinajstić information content (AvgIpc) is 3.00. The number of hydrogen-bond acceptors (Lipinski definition) is 5. The first-order valence-electron chi connectivity index (χ1n) is 7.44. The average molecular weight is 367 g/mol. The summed E-state index contributed by atoms with van der Waals surface area (Å²) in [4.78, 5) is 14.8. The molecule has 0 spiro atoms. The SMILES string of the molecule is COC(=O)c1cc(C)sc1NC(=S)N(C)Cc1c(C)nn(C)c1C. The predicted molar refractivity (Wildman–Crippen MR) is 101 cm³/mol. The number of methoxy groups -OCH3 is 1. The fourth-order valence-electron chi connectivity index (χ4n) is 2.42. The highest BCUT2D eigenvalue weighted by atomic mass is 32.1. The van der Waals surface area contributed by atoms with Crippen molar-refractivity contribution in [2.24, 2.45) is 7.05 Å². The van der Waals surface area contributed by atoms with Crippen LogP contribution in [0.2, 0.25) is 0 Å². The van der Waals surface area contributed by atoms with Crippen LogP contribution in [0.4, 0.5) is 5.00 Å². The summed E-state index contributed by atoms with van der Waals surface area (Å²) in [5.41, 5.74) is 3.76. The summed E-state index contributed by atoms with van der Waals surface area (Å²) in [6.45, 7) is 6.62. The Morgan fingerprint density at radius 2 is 2.12 bits per heavy atom. The third kappa shape index (κ3) is 3.76. The van der Waals surface area contributed by atoms with Crippen molar-refractivity contribution < 1.29 is 9.53 Å². The summed E-state index contributed by atoms with van der Waals surface area (Å²) < 4.78 is 6.69. The number of esters is 1. The molecule has 0 aromatic carbocycles. The van der Waals surface area contributed by atoms with Gasteiger partial charge in [-0.1, -0.05) is 0 Å². The van der Waals surface area contributed by atoms with Gasteiger partial charge in [0.05, 0.1) is 18.4 Å². The van der Waals surface area contributed by atoms with E-state index in [9.17, 15) is 4.79 Å². The standard InChI is InChI=1S/C16H22N4O2S2/c1-9-7-12(15(21)22-6)14(24-9)17-16(23)19(4)8-13-10(2)18-20(5)11(13)3/h7H,8H2,1-6H3,(H,17,23). The number of carbonyl (C=O) groups is 1. The molecule has 0 radical (unpaired) electrons. The molecular formula is C16H22N4O2S2. The highest BCUT2D eigenvalue weighted by Crippen LogP contribution is 2.28. The van der Waals surface area contributed by atoms with Gasteiger partial charge >= 0.3 is 5.97 Å². The molecule has 0 aliphatic carbocycles. The molecule has 0 aliphatic rings. The molecule has 2 aromatic heterocycles. The van der Waals surface area contributed by atoms with Crippen LogP contribution in [0.15, 0.2) is 6.07 Å². The molecule has 6 nitrogen and oxygen atoms in total. The number of carbonyl (C=O) groups excluding carboxylic acids is 1. The van der Waals surface area contributed by atoms with Crippen molar-refractivity contribution in [2.45, 2.75) is 27.3 Å². The number of nitrogens with one attached hydrogen (secondary N) is 1. The molecule has 0 unspecified atom stereocenters. The minimum Gasteiger partial charge on any atom is -0.465 e. The second-order valence-corrected chi connectivity index (χ2v) is 7.29. The van der Waals surface area contributed by atoms with Gasteiger partial charge in [-0.2, -0.15) is 5.10 Å². The van der Waals surface area contributed by atoms with Gasteiger partial charge in [-0.15, -0.1) is 11.3 Å². The van der Waals surface area contributed by atoms with E-state index in [-0.39, 0.29) is 5.97 Å². The monoisotopic (exact) mass is 366 g/mol. The van der Waals surface area contributed by atoms with Gasteiger partial charge in [0.25, 0.3) is 0 Å². The zero-order chi connectivity index (χ0) is 18.0. The molecule has 0 saturated carbocycles. The van der Waals surface area contributed by atoms with Gasteiger partial charge in [0.15, 0.2) is 5.11 Å². The Kier molecular flexibility index (Phi) is 5.61. The molecule has 0 amide bonds. The molecule has 2 rings (SSSR count). The van der Waals surface area contributed by atoms with Crippen molar-refractivity contribution in [3.05, 3.63) is 33.5 Å². The summed E-state index contributed by atoms with van der Waals surface area (Å²) in [5.74, 6) is -0.369. The van der Waals surface area contributed by atoms with Crippen molar-refractivity contribution >= 4 is 39.6 Å². The number of rotatable bonds is 4. The van der Waals surface area contributed by atoms with E-state index in [1.54, 1.807) is 6.07 Å². The lowest BCUT2D eigenvalue weighted by atomic mass is 10.2. The normalized spacial score (nSPS) is 10.6. The second-order valence-electron chi connectivity index (χ2n) is 5.65. The van der Waals surface area contributed by atoms with E-state index in [1.807, 2.05) is 44.4 Å². The van der Waals surface area contributed by atoms with Gasteiger partial charge in [-0.05, 0) is 39.1 Å². The first kappa shape index (κ1) is 18.4. The highest BCUT2D eigenvalue weighted by molar-refractivity contribution is 7.80. The van der Waals surface area contributed by atoms with Crippen LogP contribution in [0.25, 0.3) is 0 Å². The van der Waals surface area contributed by atoms with Crippen LogP contribution in [0, 0.1) is 20.8 Å². The zero-order valence-electron chi connectivity index (χ0n) is 14.8. The van der Waals surface area contributed by atoms with Gasteiger partial charge < -0.3 is 15.0 Å². The van der Waals surface area contributed by atoms with E-state index in [4.69, 9.17) is 17.0 Å². The smallest absolute Gasteiger partial charge is 0.340 e. The first-order chi connectivity index (χ1) is 11.2. The first-order valence-corrected chi connectivity index (χ1v) is 8.67. The molecular weight excluding hydrogens is 344 g/mol. The fraction of sp³-hybridized carbons (Fsp3) is 0.438. The van der Waals surface area contributed by atoms with Crippen LogP contribution in [0.5, 0.6) is 0 Å². The summed E-state index contributed by atoms with van der Waals surface area (Å²) >= 11 is 6.96. The van der Waals surface area contributed by atoms with E-state index in [1.165, 1.54) is 18.4 Å². The maximum Gasteiger partial charge on any atom is 0.340 e. The van der Waals surface area contributed by atoms with Crippen molar-refractivity contribution in [1.82, 2.24) is 14.7 Å². The summed E-state index contributed by atoms with van der Waals surface area (Å²) in [5, 5.41) is 8.84. The van der Waals surface area contributed by atoms with Gasteiger partial charge in [0.1, 0.15) is 5.00 Å². The number of aromatic nitrogens is 2. The van der Waals surface area contributed by atoms with Crippen LogP contribution < -0.4 is 5.32 Å². The Balaban J connectivity index is 2.14. The molecule has 2 heterocycles. The van der Waals surface area contributed by atoms with Gasteiger partial charge in [-0.25, -0.2) is 4.79 Å². The Bertz CT molecular complexity index is 779. The zero-order valence-corrected chi connectivity index (χ0v) is 16.4. The molecule has 24 heavy (non-hydrogen) atoms. The van der Waals surface area contributed by atoms with Gasteiger partial charge in [-0.3, -0.25) is 4.68 Å². The molecule has 130 valence electrons. The largest absolute Gasteiger partial charge is 0.465 e. The third-order valence-corrected chi connectivity index (χ3v) is 5.26. The molecule has 0 aliphatic heterocycles. The summed E-state index contributed by atoms with van der Waals surface area (Å²) in [7, 11) is 5.22. The minimum atomic E-state index is -0.369. The fourth-order valence-corrected chi connectivity index (χ4v) is 3.55. The van der Waals surface area contributed by atoms with Crippen molar-refractivity contribution in [3.8, 4) is 0 Å². The lowest BCUT2D eigenvalue weighted by Gasteiger charge is -2.21. The lowest BCUT2D eigenvalue weighted by Crippen LogP contribution is -2.31. The number of ether oxygens (including phenoxy) is 1. The van der Waals surface area contributed by atoms with Crippen LogP contribution in [0.1, 0.15) is 32.2 Å². The van der Waals surface area contributed by atoms with Crippen molar-refractivity contribution in [2.75, 3.05) is 19.5 Å². The number of anilines is 1. The number of nitrogens with zero attached hydrogens (tertiary/aromatic N) is 3. The quantitative estimate of drug-likeness (QED) is 0.663. The third-order valence-electron chi connectivity index (χ3n) is 3.88. The molecule has 1 N–H and O–H groups in total. The Morgan fingerprint density at radius 3 is 2.67 bits per heavy atom. The Hall–Kier alpha value is -1.93. The van der Waals surface area contributed by atoms with Crippen molar-refractivity contribution in [1.29, 1.82) is 0 Å². The number of hydrogen-bond donors (Lipinski definition) is 1. The van der Waals surface area contributed by atoms with E-state index in [0.29, 0.717) is 22.2 Å². The minimum absolute atomic E-state index is 0.369. The Labute approximate surface area is 151 Å². The number of thiocarbonyl (C=S) groups is 1. The lowest BCUT2D eigenvalue weighted by molar-refractivity contribution is 0.0602. The number of thiophene rings is 1. The van der Waals surface area contributed by atoms with Gasteiger partial charge in [0.2, 0.25) is 0 Å². The van der Waals surface area contributed by atoms with E-state index < -0.39 is 0 Å². The molecule has 0 bridgehead atoms. The molecule has 0 fully saturated rings. The summed E-state index contributed by atoms with van der Waals surface area (Å²) in [6.07, 6.45) is 0. The Morgan fingerprint density at radius 1 is 1.46 bits per heavy atom. The van der Waals surface area contributed by atoms with Crippen LogP contribution in [0.3, 0.4) is 0 Å². The molecule has 0 saturated heterocycles. The maximum atomic E-state index is 11.9. The predicted octanol–water partition coefficient (Wildman–Crippen LogP) is 3.02. The van der Waals surface area contributed by atoms with E-state index >= 15 is 0 Å².